The van der Waals surface area contributed by atoms with Crippen LogP contribution in [0.4, 0.5) is 0 Å². The second-order valence-corrected chi connectivity index (χ2v) is 7.84. The number of rotatable bonds is 7. The molecule has 126 valence electrons. The number of aliphatic hydroxyl groups excluding tert-OH is 1. The van der Waals surface area contributed by atoms with E-state index in [9.17, 15) is 5.11 Å². The minimum atomic E-state index is 0.302. The molecule has 0 saturated heterocycles. The van der Waals surface area contributed by atoms with Gasteiger partial charge in [0.15, 0.2) is 0 Å². The summed E-state index contributed by atoms with van der Waals surface area (Å²) in [7, 11) is 0. The fourth-order valence-electron chi connectivity index (χ4n) is 5.08. The van der Waals surface area contributed by atoms with E-state index in [4.69, 9.17) is 5.26 Å². The van der Waals surface area contributed by atoms with Crippen molar-refractivity contribution >= 4 is 0 Å². The molecule has 1 N–H and O–H groups in total. The van der Waals surface area contributed by atoms with E-state index < -0.39 is 0 Å². The second kappa shape index (κ2) is 9.56. The zero-order chi connectivity index (χ0) is 15.8. The van der Waals surface area contributed by atoms with Crippen LogP contribution >= 0.6 is 0 Å². The highest BCUT2D eigenvalue weighted by Gasteiger charge is 2.34. The van der Waals surface area contributed by atoms with Crippen molar-refractivity contribution in [1.82, 2.24) is 0 Å². The van der Waals surface area contributed by atoms with Gasteiger partial charge in [-0.2, -0.15) is 5.26 Å². The van der Waals surface area contributed by atoms with Crippen LogP contribution in [0.1, 0.15) is 84.0 Å². The Morgan fingerprint density at radius 1 is 1.00 bits per heavy atom. The van der Waals surface area contributed by atoms with Crippen LogP contribution in [0.15, 0.2) is 0 Å². The summed E-state index contributed by atoms with van der Waals surface area (Å²) < 4.78 is 0. The van der Waals surface area contributed by atoms with Gasteiger partial charge < -0.3 is 5.11 Å². The van der Waals surface area contributed by atoms with E-state index >= 15 is 0 Å². The number of nitrogens with zero attached hydrogens (tertiary/aromatic N) is 1. The summed E-state index contributed by atoms with van der Waals surface area (Å²) >= 11 is 0. The topological polar surface area (TPSA) is 44.0 Å². The normalized spacial score (nSPS) is 34.0. The molecule has 0 bridgehead atoms. The van der Waals surface area contributed by atoms with Crippen molar-refractivity contribution in [2.24, 2.45) is 29.6 Å². The molecule has 2 aliphatic rings. The van der Waals surface area contributed by atoms with Gasteiger partial charge in [0.2, 0.25) is 0 Å². The molecule has 0 aromatic rings. The van der Waals surface area contributed by atoms with Crippen molar-refractivity contribution < 1.29 is 5.11 Å². The molecule has 0 aromatic carbocycles. The third kappa shape index (κ3) is 4.98. The lowest BCUT2D eigenvalue weighted by atomic mass is 9.65. The number of unbranched alkanes of at least 4 members (excludes halogenated alkanes) is 1. The highest BCUT2D eigenvalue weighted by atomic mass is 16.3. The van der Waals surface area contributed by atoms with Gasteiger partial charge >= 0.3 is 0 Å². The van der Waals surface area contributed by atoms with Crippen LogP contribution in [0, 0.1) is 40.9 Å². The van der Waals surface area contributed by atoms with Gasteiger partial charge in [-0.1, -0.05) is 39.0 Å². The van der Waals surface area contributed by atoms with Crippen molar-refractivity contribution in [3.05, 3.63) is 0 Å². The fraction of sp³-hybridized carbons (Fsp3) is 0.950. The molecule has 22 heavy (non-hydrogen) atoms. The van der Waals surface area contributed by atoms with E-state index in [1.807, 2.05) is 0 Å². The third-order valence-electron chi connectivity index (χ3n) is 6.49. The predicted molar refractivity (Wildman–Crippen MR) is 91.2 cm³/mol. The van der Waals surface area contributed by atoms with Crippen molar-refractivity contribution in [3.63, 3.8) is 0 Å². The van der Waals surface area contributed by atoms with Gasteiger partial charge in [0.25, 0.3) is 0 Å². The number of nitriles is 1. The monoisotopic (exact) mass is 305 g/mol. The Balaban J connectivity index is 1.83. The first-order valence-corrected chi connectivity index (χ1v) is 9.78. The standard InChI is InChI=1S/C20H35NO/c1-2-3-4-16-5-9-18(10-6-16)20(13-14-22)19-11-7-17(15-21)8-12-19/h16-20,22H,2-14H2,1H3. The van der Waals surface area contributed by atoms with Crippen LogP contribution in [0.2, 0.25) is 0 Å². The quantitative estimate of drug-likeness (QED) is 0.692. The molecule has 0 aromatic heterocycles. The molecule has 1 unspecified atom stereocenters. The second-order valence-electron chi connectivity index (χ2n) is 7.84. The average Bonchev–Trinajstić information content (AvgIpc) is 2.58. The summed E-state index contributed by atoms with van der Waals surface area (Å²) in [5, 5.41) is 18.6. The highest BCUT2D eigenvalue weighted by Crippen LogP contribution is 2.44. The SMILES string of the molecule is CCCCC1CCC(C(CCO)C2CCC(C#N)CC2)CC1. The molecule has 0 heterocycles. The Morgan fingerprint density at radius 2 is 1.59 bits per heavy atom. The Bertz CT molecular complexity index is 332. The third-order valence-corrected chi connectivity index (χ3v) is 6.49. The van der Waals surface area contributed by atoms with E-state index in [-0.39, 0.29) is 0 Å². The minimum Gasteiger partial charge on any atom is -0.396 e. The molecule has 2 fully saturated rings. The van der Waals surface area contributed by atoms with Crippen molar-refractivity contribution in [3.8, 4) is 6.07 Å². The molecule has 2 rings (SSSR count). The first-order chi connectivity index (χ1) is 10.8. The lowest BCUT2D eigenvalue weighted by Crippen LogP contribution is -2.31. The summed E-state index contributed by atoms with van der Waals surface area (Å²) in [6, 6.07) is 2.45. The maximum atomic E-state index is 9.51. The summed E-state index contributed by atoms with van der Waals surface area (Å²) in [6.45, 7) is 2.64. The summed E-state index contributed by atoms with van der Waals surface area (Å²) in [5.41, 5.74) is 0. The molecule has 1 atom stereocenters. The van der Waals surface area contributed by atoms with Crippen LogP contribution in [-0.2, 0) is 0 Å². The molecule has 0 spiro atoms. The van der Waals surface area contributed by atoms with Crippen LogP contribution in [0.3, 0.4) is 0 Å². The molecule has 2 nitrogen and oxygen atoms in total. The van der Waals surface area contributed by atoms with E-state index in [1.165, 1.54) is 57.8 Å². The average molecular weight is 306 g/mol. The first-order valence-electron chi connectivity index (χ1n) is 9.78. The van der Waals surface area contributed by atoms with Gasteiger partial charge in [-0.15, -0.1) is 0 Å². The number of hydrogen-bond donors (Lipinski definition) is 1. The Morgan fingerprint density at radius 3 is 2.09 bits per heavy atom. The number of hydrogen-bond acceptors (Lipinski definition) is 2. The molecule has 0 aliphatic heterocycles. The van der Waals surface area contributed by atoms with Gasteiger partial charge in [0.05, 0.1) is 6.07 Å². The maximum Gasteiger partial charge on any atom is 0.0655 e. The lowest BCUT2D eigenvalue weighted by molar-refractivity contribution is 0.0919. The van der Waals surface area contributed by atoms with Gasteiger partial charge in [0, 0.05) is 12.5 Å². The Kier molecular flexibility index (Phi) is 7.73. The Labute approximate surface area is 137 Å². The number of aliphatic hydroxyl groups is 1. The predicted octanol–water partition coefficient (Wildman–Crippen LogP) is 5.31. The van der Waals surface area contributed by atoms with Gasteiger partial charge in [-0.3, -0.25) is 0 Å². The van der Waals surface area contributed by atoms with E-state index in [0.29, 0.717) is 12.5 Å². The zero-order valence-electron chi connectivity index (χ0n) is 14.5. The summed E-state index contributed by atoms with van der Waals surface area (Å²) in [4.78, 5) is 0. The first kappa shape index (κ1) is 17.8. The largest absolute Gasteiger partial charge is 0.396 e. The molecule has 0 amide bonds. The van der Waals surface area contributed by atoms with Crippen LogP contribution in [-0.4, -0.2) is 11.7 Å². The van der Waals surface area contributed by atoms with Gasteiger partial charge in [-0.25, -0.2) is 0 Å². The van der Waals surface area contributed by atoms with Crippen LogP contribution in [0.25, 0.3) is 0 Å². The van der Waals surface area contributed by atoms with Crippen molar-refractivity contribution in [2.75, 3.05) is 6.61 Å². The molecule has 2 aliphatic carbocycles. The van der Waals surface area contributed by atoms with E-state index in [2.05, 4.69) is 13.0 Å². The van der Waals surface area contributed by atoms with Gasteiger partial charge in [-0.05, 0) is 68.6 Å². The molecule has 2 heteroatoms. The highest BCUT2D eigenvalue weighted by molar-refractivity contribution is 4.90. The smallest absolute Gasteiger partial charge is 0.0655 e. The fourth-order valence-corrected chi connectivity index (χ4v) is 5.08. The molecule has 2 saturated carbocycles. The Hall–Kier alpha value is -0.550. The zero-order valence-corrected chi connectivity index (χ0v) is 14.5. The molecular weight excluding hydrogens is 270 g/mol. The maximum absolute atomic E-state index is 9.51. The molecule has 0 radical (unpaired) electrons. The van der Waals surface area contributed by atoms with E-state index in [1.54, 1.807) is 0 Å². The van der Waals surface area contributed by atoms with Gasteiger partial charge in [0.1, 0.15) is 0 Å². The van der Waals surface area contributed by atoms with Crippen LogP contribution in [0.5, 0.6) is 0 Å². The summed E-state index contributed by atoms with van der Waals surface area (Å²) in [5.74, 6) is 3.61. The van der Waals surface area contributed by atoms with Crippen molar-refractivity contribution in [2.45, 2.75) is 84.0 Å². The minimum absolute atomic E-state index is 0.302. The lowest BCUT2D eigenvalue weighted by Gasteiger charge is -2.40. The molecular formula is C20H35NO. The van der Waals surface area contributed by atoms with Crippen molar-refractivity contribution in [1.29, 1.82) is 5.26 Å². The van der Waals surface area contributed by atoms with Crippen LogP contribution < -0.4 is 0 Å². The van der Waals surface area contributed by atoms with E-state index in [0.717, 1.165) is 42.9 Å². The summed E-state index contributed by atoms with van der Waals surface area (Å²) in [6.07, 6.45) is 15.4.